The van der Waals surface area contributed by atoms with Crippen LogP contribution >= 0.6 is 11.6 Å². The molecule has 0 aliphatic heterocycles. The van der Waals surface area contributed by atoms with Crippen LogP contribution in [-0.4, -0.2) is 28.9 Å². The third-order valence-corrected chi connectivity index (χ3v) is 4.98. The van der Waals surface area contributed by atoms with Gasteiger partial charge in [0.05, 0.1) is 11.0 Å². The summed E-state index contributed by atoms with van der Waals surface area (Å²) in [6.45, 7) is 3.58. The maximum atomic E-state index is 12.5. The fourth-order valence-electron chi connectivity index (χ4n) is 2.55. The van der Waals surface area contributed by atoms with Crippen LogP contribution in [0.5, 0.6) is 5.88 Å². The number of nitrogens with one attached hydrogen (secondary N) is 1. The standard InChI is InChI=1S/C17H22ClF3N2O2/c1-16(2,10-18)15(24)23-12-4-6-13(7-5-12)25-14-8-3-11(9-22-14)17(19,20)21/h3,8-9,12-13H,4-7,10H2,1-2H3,(H,23,24). The fourth-order valence-corrected chi connectivity index (χ4v) is 2.68. The molecule has 1 aromatic rings. The van der Waals surface area contributed by atoms with Crippen LogP contribution in [0.15, 0.2) is 18.3 Å². The Balaban J connectivity index is 1.82. The van der Waals surface area contributed by atoms with Gasteiger partial charge in [-0.25, -0.2) is 4.98 Å². The van der Waals surface area contributed by atoms with Crippen LogP contribution in [-0.2, 0) is 11.0 Å². The van der Waals surface area contributed by atoms with Gasteiger partial charge in [-0.05, 0) is 45.6 Å². The number of alkyl halides is 4. The van der Waals surface area contributed by atoms with Crippen molar-refractivity contribution in [3.8, 4) is 5.88 Å². The number of nitrogens with zero attached hydrogens (tertiary/aromatic N) is 1. The van der Waals surface area contributed by atoms with Crippen LogP contribution in [0.2, 0.25) is 0 Å². The average Bonchev–Trinajstić information content (AvgIpc) is 2.56. The van der Waals surface area contributed by atoms with E-state index in [1.165, 1.54) is 6.07 Å². The number of hydrogen-bond donors (Lipinski definition) is 1. The number of carbonyl (C=O) groups is 1. The summed E-state index contributed by atoms with van der Waals surface area (Å²) >= 11 is 5.80. The molecule has 140 valence electrons. The third-order valence-electron chi connectivity index (χ3n) is 4.31. The van der Waals surface area contributed by atoms with Crippen LogP contribution in [0.25, 0.3) is 0 Å². The first-order valence-electron chi connectivity index (χ1n) is 8.18. The van der Waals surface area contributed by atoms with E-state index in [1.807, 2.05) is 0 Å². The lowest BCUT2D eigenvalue weighted by atomic mass is 9.90. The third kappa shape index (κ3) is 5.49. The molecule has 8 heteroatoms. The van der Waals surface area contributed by atoms with Crippen molar-refractivity contribution in [3.05, 3.63) is 23.9 Å². The molecule has 0 bridgehead atoms. The van der Waals surface area contributed by atoms with Crippen LogP contribution in [0.1, 0.15) is 45.1 Å². The largest absolute Gasteiger partial charge is 0.474 e. The van der Waals surface area contributed by atoms with Gasteiger partial charge >= 0.3 is 6.18 Å². The molecular formula is C17H22ClF3N2O2. The highest BCUT2D eigenvalue weighted by molar-refractivity contribution is 6.19. The summed E-state index contributed by atoms with van der Waals surface area (Å²) < 4.78 is 43.2. The number of hydrogen-bond acceptors (Lipinski definition) is 3. The second-order valence-corrected chi connectivity index (χ2v) is 7.23. The van der Waals surface area contributed by atoms with Crippen LogP contribution in [0, 0.1) is 5.41 Å². The maximum Gasteiger partial charge on any atom is 0.417 e. The highest BCUT2D eigenvalue weighted by atomic mass is 35.5. The molecule has 0 unspecified atom stereocenters. The van der Waals surface area contributed by atoms with Gasteiger partial charge in [-0.2, -0.15) is 13.2 Å². The van der Waals surface area contributed by atoms with E-state index in [9.17, 15) is 18.0 Å². The second-order valence-electron chi connectivity index (χ2n) is 6.97. The number of rotatable bonds is 5. The van der Waals surface area contributed by atoms with Crippen molar-refractivity contribution in [3.63, 3.8) is 0 Å². The van der Waals surface area contributed by atoms with E-state index in [4.69, 9.17) is 16.3 Å². The van der Waals surface area contributed by atoms with Crippen molar-refractivity contribution in [2.45, 2.75) is 57.9 Å². The molecule has 1 aromatic heterocycles. The Labute approximate surface area is 150 Å². The maximum absolute atomic E-state index is 12.5. The van der Waals surface area contributed by atoms with E-state index in [2.05, 4.69) is 10.3 Å². The van der Waals surface area contributed by atoms with E-state index in [0.29, 0.717) is 12.8 Å². The number of halogens is 4. The Bertz CT molecular complexity index is 583. The Morgan fingerprint density at radius 3 is 2.40 bits per heavy atom. The zero-order chi connectivity index (χ0) is 18.7. The van der Waals surface area contributed by atoms with Gasteiger partial charge in [-0.3, -0.25) is 4.79 Å². The summed E-state index contributed by atoms with van der Waals surface area (Å²) in [6.07, 6.45) is -0.846. The number of ether oxygens (including phenoxy) is 1. The Hall–Kier alpha value is -1.50. The Morgan fingerprint density at radius 1 is 1.28 bits per heavy atom. The first-order valence-corrected chi connectivity index (χ1v) is 8.72. The van der Waals surface area contributed by atoms with Gasteiger partial charge < -0.3 is 10.1 Å². The van der Waals surface area contributed by atoms with Crippen molar-refractivity contribution in [1.29, 1.82) is 0 Å². The molecule has 1 amide bonds. The SMILES string of the molecule is CC(C)(CCl)C(=O)NC1CCC(Oc2ccc(C(F)(F)F)cn2)CC1. The number of aromatic nitrogens is 1. The van der Waals surface area contributed by atoms with Gasteiger partial charge in [0.25, 0.3) is 0 Å². The van der Waals surface area contributed by atoms with Gasteiger partial charge in [0, 0.05) is 24.2 Å². The van der Waals surface area contributed by atoms with Crippen molar-refractivity contribution >= 4 is 17.5 Å². The number of pyridine rings is 1. The summed E-state index contributed by atoms with van der Waals surface area (Å²) in [6, 6.07) is 2.26. The van der Waals surface area contributed by atoms with E-state index >= 15 is 0 Å². The zero-order valence-electron chi connectivity index (χ0n) is 14.2. The van der Waals surface area contributed by atoms with E-state index in [1.54, 1.807) is 13.8 Å². The Kier molecular flexibility index (Phi) is 6.19. The predicted octanol–water partition coefficient (Wildman–Crippen LogP) is 4.17. The smallest absolute Gasteiger partial charge is 0.417 e. The quantitative estimate of drug-likeness (QED) is 0.782. The van der Waals surface area contributed by atoms with Gasteiger partial charge in [-0.1, -0.05) is 0 Å². The first-order chi connectivity index (χ1) is 11.6. The predicted molar refractivity (Wildman–Crippen MR) is 88.6 cm³/mol. The van der Waals surface area contributed by atoms with Gasteiger partial charge in [0.2, 0.25) is 11.8 Å². The molecule has 0 aromatic carbocycles. The first kappa shape index (κ1) is 19.8. The molecule has 1 fully saturated rings. The van der Waals surface area contributed by atoms with Gasteiger partial charge in [-0.15, -0.1) is 11.6 Å². The topological polar surface area (TPSA) is 51.2 Å². The highest BCUT2D eigenvalue weighted by Gasteiger charge is 2.32. The summed E-state index contributed by atoms with van der Waals surface area (Å²) in [4.78, 5) is 15.8. The molecule has 2 rings (SSSR count). The minimum Gasteiger partial charge on any atom is -0.474 e. The molecule has 1 aliphatic rings. The molecule has 1 N–H and O–H groups in total. The average molecular weight is 379 g/mol. The minimum absolute atomic E-state index is 0.0652. The van der Waals surface area contributed by atoms with Crippen molar-refractivity contribution in [2.75, 3.05) is 5.88 Å². The van der Waals surface area contributed by atoms with Gasteiger partial charge in [0.1, 0.15) is 6.10 Å². The van der Waals surface area contributed by atoms with Gasteiger partial charge in [0.15, 0.2) is 0 Å². The van der Waals surface area contributed by atoms with Crippen LogP contribution in [0.3, 0.4) is 0 Å². The molecule has 4 nitrogen and oxygen atoms in total. The van der Waals surface area contributed by atoms with Crippen molar-refractivity contribution < 1.29 is 22.7 Å². The fraction of sp³-hybridized carbons (Fsp3) is 0.647. The molecule has 1 aliphatic carbocycles. The molecule has 25 heavy (non-hydrogen) atoms. The molecular weight excluding hydrogens is 357 g/mol. The highest BCUT2D eigenvalue weighted by Crippen LogP contribution is 2.30. The lowest BCUT2D eigenvalue weighted by molar-refractivity contribution is -0.137. The number of amides is 1. The van der Waals surface area contributed by atoms with Crippen molar-refractivity contribution in [1.82, 2.24) is 10.3 Å². The van der Waals surface area contributed by atoms with E-state index in [0.717, 1.165) is 25.1 Å². The summed E-state index contributed by atoms with van der Waals surface area (Å²) in [7, 11) is 0. The molecule has 0 radical (unpaired) electrons. The lowest BCUT2D eigenvalue weighted by Crippen LogP contribution is -2.46. The normalized spacial score (nSPS) is 21.7. The molecule has 0 saturated heterocycles. The Morgan fingerprint density at radius 2 is 1.92 bits per heavy atom. The lowest BCUT2D eigenvalue weighted by Gasteiger charge is -2.31. The van der Waals surface area contributed by atoms with E-state index < -0.39 is 17.2 Å². The van der Waals surface area contributed by atoms with Crippen LogP contribution < -0.4 is 10.1 Å². The van der Waals surface area contributed by atoms with Crippen LogP contribution in [0.4, 0.5) is 13.2 Å². The monoisotopic (exact) mass is 378 g/mol. The molecule has 1 heterocycles. The van der Waals surface area contributed by atoms with E-state index in [-0.39, 0.29) is 29.8 Å². The molecule has 0 atom stereocenters. The minimum atomic E-state index is -4.40. The summed E-state index contributed by atoms with van der Waals surface area (Å²) in [5.74, 6) is 0.358. The number of carbonyl (C=O) groups excluding carboxylic acids is 1. The van der Waals surface area contributed by atoms with Crippen molar-refractivity contribution in [2.24, 2.45) is 5.41 Å². The second kappa shape index (κ2) is 7.81. The summed E-state index contributed by atoms with van der Waals surface area (Å²) in [5.41, 5.74) is -1.41. The zero-order valence-corrected chi connectivity index (χ0v) is 15.0. The molecule has 0 spiro atoms. The summed E-state index contributed by atoms with van der Waals surface area (Å²) in [5, 5.41) is 3.00. The molecule has 1 saturated carbocycles.